The fraction of sp³-hybridized carbons (Fsp3) is 0.167. The van der Waals surface area contributed by atoms with Crippen LogP contribution >= 0.6 is 15.9 Å². The van der Waals surface area contributed by atoms with E-state index in [0.717, 1.165) is 4.47 Å². The Bertz CT molecular complexity index is 490. The van der Waals surface area contributed by atoms with E-state index in [1.165, 1.54) is 6.07 Å². The number of nitrogens with zero attached hydrogens (tertiary/aromatic N) is 2. The molecule has 0 saturated carbocycles. The average molecular weight is 296 g/mol. The SMILES string of the molecule is Fc1ccc(Br)cc1CNCc1ncccn1. The molecular formula is C12H11BrFN3. The predicted octanol–water partition coefficient (Wildman–Crippen LogP) is 2.67. The number of aromatic nitrogens is 2. The summed E-state index contributed by atoms with van der Waals surface area (Å²) in [5.41, 5.74) is 0.621. The van der Waals surface area contributed by atoms with Gasteiger partial charge in [0.05, 0.1) is 6.54 Å². The molecule has 0 fully saturated rings. The van der Waals surface area contributed by atoms with Gasteiger partial charge in [-0.15, -0.1) is 0 Å². The molecule has 0 amide bonds. The lowest BCUT2D eigenvalue weighted by atomic mass is 10.2. The number of hydrogen-bond acceptors (Lipinski definition) is 3. The van der Waals surface area contributed by atoms with Crippen LogP contribution in [0.5, 0.6) is 0 Å². The van der Waals surface area contributed by atoms with Crippen LogP contribution in [0, 0.1) is 5.82 Å². The van der Waals surface area contributed by atoms with Crippen LogP contribution in [-0.4, -0.2) is 9.97 Å². The van der Waals surface area contributed by atoms with E-state index in [2.05, 4.69) is 31.2 Å². The first-order valence-electron chi connectivity index (χ1n) is 5.16. The fourth-order valence-corrected chi connectivity index (χ4v) is 1.82. The van der Waals surface area contributed by atoms with E-state index >= 15 is 0 Å². The lowest BCUT2D eigenvalue weighted by Crippen LogP contribution is -2.15. The number of benzene rings is 1. The quantitative estimate of drug-likeness (QED) is 0.942. The maximum atomic E-state index is 13.4. The number of hydrogen-bond donors (Lipinski definition) is 1. The predicted molar refractivity (Wildman–Crippen MR) is 66.7 cm³/mol. The largest absolute Gasteiger partial charge is 0.306 e. The Labute approximate surface area is 107 Å². The summed E-state index contributed by atoms with van der Waals surface area (Å²) in [6, 6.07) is 6.64. The Balaban J connectivity index is 1.92. The van der Waals surface area contributed by atoms with E-state index in [-0.39, 0.29) is 5.82 Å². The van der Waals surface area contributed by atoms with Crippen molar-refractivity contribution in [3.63, 3.8) is 0 Å². The van der Waals surface area contributed by atoms with Crippen LogP contribution < -0.4 is 5.32 Å². The van der Waals surface area contributed by atoms with Crippen molar-refractivity contribution in [2.75, 3.05) is 0 Å². The van der Waals surface area contributed by atoms with Crippen LogP contribution in [0.2, 0.25) is 0 Å². The summed E-state index contributed by atoms with van der Waals surface area (Å²) >= 11 is 3.31. The standard InChI is InChI=1S/C12H11BrFN3/c13-10-2-3-11(14)9(6-10)7-15-8-12-16-4-1-5-17-12/h1-6,15H,7-8H2. The molecule has 1 aromatic carbocycles. The molecule has 1 aromatic heterocycles. The minimum absolute atomic E-state index is 0.213. The Kier molecular flexibility index (Phi) is 4.17. The third-order valence-electron chi connectivity index (χ3n) is 2.23. The molecule has 88 valence electrons. The zero-order chi connectivity index (χ0) is 12.1. The second kappa shape index (κ2) is 5.84. The monoisotopic (exact) mass is 295 g/mol. The summed E-state index contributed by atoms with van der Waals surface area (Å²) in [4.78, 5) is 8.15. The molecule has 0 aliphatic rings. The van der Waals surface area contributed by atoms with Crippen LogP contribution in [0.1, 0.15) is 11.4 Å². The minimum atomic E-state index is -0.213. The summed E-state index contributed by atoms with van der Waals surface area (Å²) < 4.78 is 14.3. The molecule has 2 aromatic rings. The Morgan fingerprint density at radius 1 is 1.18 bits per heavy atom. The van der Waals surface area contributed by atoms with Crippen LogP contribution in [0.25, 0.3) is 0 Å². The molecule has 0 spiro atoms. The van der Waals surface area contributed by atoms with Crippen molar-refractivity contribution in [2.45, 2.75) is 13.1 Å². The van der Waals surface area contributed by atoms with Gasteiger partial charge in [0.25, 0.3) is 0 Å². The van der Waals surface area contributed by atoms with Crippen molar-refractivity contribution in [3.8, 4) is 0 Å². The molecule has 0 bridgehead atoms. The molecule has 0 aliphatic carbocycles. The molecule has 0 unspecified atom stereocenters. The summed E-state index contributed by atoms with van der Waals surface area (Å²) in [6.07, 6.45) is 3.37. The zero-order valence-corrected chi connectivity index (χ0v) is 10.6. The van der Waals surface area contributed by atoms with Crippen molar-refractivity contribution >= 4 is 15.9 Å². The zero-order valence-electron chi connectivity index (χ0n) is 9.03. The minimum Gasteiger partial charge on any atom is -0.306 e. The molecule has 0 atom stereocenters. The number of rotatable bonds is 4. The van der Waals surface area contributed by atoms with Crippen LogP contribution in [-0.2, 0) is 13.1 Å². The first kappa shape index (κ1) is 12.1. The van der Waals surface area contributed by atoms with E-state index in [9.17, 15) is 4.39 Å². The molecule has 0 saturated heterocycles. The van der Waals surface area contributed by atoms with Gasteiger partial charge in [0, 0.05) is 29.0 Å². The molecule has 0 radical (unpaired) electrons. The van der Waals surface area contributed by atoms with Gasteiger partial charge < -0.3 is 5.32 Å². The van der Waals surface area contributed by atoms with Gasteiger partial charge in [0.1, 0.15) is 11.6 Å². The number of nitrogens with one attached hydrogen (secondary N) is 1. The fourth-order valence-electron chi connectivity index (χ4n) is 1.41. The first-order chi connectivity index (χ1) is 8.25. The topological polar surface area (TPSA) is 37.8 Å². The summed E-state index contributed by atoms with van der Waals surface area (Å²) in [6.45, 7) is 0.969. The average Bonchev–Trinajstić information content (AvgIpc) is 2.35. The van der Waals surface area contributed by atoms with E-state index in [1.807, 2.05) is 0 Å². The molecule has 2 rings (SSSR count). The van der Waals surface area contributed by atoms with Gasteiger partial charge >= 0.3 is 0 Å². The Hall–Kier alpha value is -1.33. The van der Waals surface area contributed by atoms with Gasteiger partial charge in [-0.3, -0.25) is 0 Å². The normalized spacial score (nSPS) is 10.5. The molecule has 1 N–H and O–H groups in total. The summed E-state index contributed by atoms with van der Waals surface area (Å²) in [5, 5.41) is 3.10. The highest BCUT2D eigenvalue weighted by Crippen LogP contribution is 2.15. The van der Waals surface area contributed by atoms with Gasteiger partial charge in [-0.25, -0.2) is 14.4 Å². The highest BCUT2D eigenvalue weighted by molar-refractivity contribution is 9.10. The Morgan fingerprint density at radius 3 is 2.71 bits per heavy atom. The molecule has 0 aliphatic heterocycles. The van der Waals surface area contributed by atoms with Gasteiger partial charge in [-0.05, 0) is 24.3 Å². The maximum Gasteiger partial charge on any atom is 0.141 e. The van der Waals surface area contributed by atoms with Crippen molar-refractivity contribution < 1.29 is 4.39 Å². The smallest absolute Gasteiger partial charge is 0.141 e. The van der Waals surface area contributed by atoms with Crippen molar-refractivity contribution in [3.05, 3.63) is 58.3 Å². The molecule has 5 heteroatoms. The molecule has 1 heterocycles. The molecule has 3 nitrogen and oxygen atoms in total. The second-order valence-corrected chi connectivity index (χ2v) is 4.42. The third-order valence-corrected chi connectivity index (χ3v) is 2.72. The number of halogens is 2. The highest BCUT2D eigenvalue weighted by atomic mass is 79.9. The van der Waals surface area contributed by atoms with Gasteiger partial charge in [0.2, 0.25) is 0 Å². The Morgan fingerprint density at radius 2 is 1.94 bits per heavy atom. The van der Waals surface area contributed by atoms with Gasteiger partial charge in [0.15, 0.2) is 0 Å². The first-order valence-corrected chi connectivity index (χ1v) is 5.95. The lowest BCUT2D eigenvalue weighted by molar-refractivity contribution is 0.582. The molecular weight excluding hydrogens is 285 g/mol. The van der Waals surface area contributed by atoms with Crippen molar-refractivity contribution in [2.24, 2.45) is 0 Å². The summed E-state index contributed by atoms with van der Waals surface area (Å²) in [7, 11) is 0. The van der Waals surface area contributed by atoms with E-state index in [1.54, 1.807) is 30.6 Å². The van der Waals surface area contributed by atoms with Crippen molar-refractivity contribution in [1.29, 1.82) is 0 Å². The van der Waals surface area contributed by atoms with Gasteiger partial charge in [-0.2, -0.15) is 0 Å². The maximum absolute atomic E-state index is 13.4. The van der Waals surface area contributed by atoms with E-state index in [4.69, 9.17) is 0 Å². The molecule has 17 heavy (non-hydrogen) atoms. The lowest BCUT2D eigenvalue weighted by Gasteiger charge is -2.05. The van der Waals surface area contributed by atoms with Crippen molar-refractivity contribution in [1.82, 2.24) is 15.3 Å². The second-order valence-electron chi connectivity index (χ2n) is 3.50. The van der Waals surface area contributed by atoms with E-state index < -0.39 is 0 Å². The van der Waals surface area contributed by atoms with Crippen LogP contribution in [0.15, 0.2) is 41.1 Å². The van der Waals surface area contributed by atoms with Gasteiger partial charge in [-0.1, -0.05) is 15.9 Å². The van der Waals surface area contributed by atoms with Crippen LogP contribution in [0.3, 0.4) is 0 Å². The summed E-state index contributed by atoms with van der Waals surface area (Å²) in [5.74, 6) is 0.484. The van der Waals surface area contributed by atoms with E-state index in [0.29, 0.717) is 24.5 Å². The van der Waals surface area contributed by atoms with Crippen LogP contribution in [0.4, 0.5) is 4.39 Å². The third kappa shape index (κ3) is 3.57. The highest BCUT2D eigenvalue weighted by Gasteiger charge is 2.02.